The first-order valence-corrected chi connectivity index (χ1v) is 7.29. The Morgan fingerprint density at radius 3 is 2.68 bits per heavy atom. The predicted octanol–water partition coefficient (Wildman–Crippen LogP) is -0.199. The molecule has 100 valence electrons. The number of Topliss-reactive ketones (excluding diaryl/α,β-unsaturated/α-hetero) is 1. The minimum atomic E-state index is 0. The van der Waals surface area contributed by atoms with Crippen LogP contribution in [0.5, 0.6) is 0 Å². The quantitative estimate of drug-likeness (QED) is 0.561. The van der Waals surface area contributed by atoms with Crippen LogP contribution in [0.2, 0.25) is 0 Å². The van der Waals surface area contributed by atoms with Crippen LogP contribution in [-0.4, -0.2) is 5.78 Å². The number of carbonyl (C=O) groups excluding carboxylic acids is 1. The van der Waals surface area contributed by atoms with Crippen molar-refractivity contribution in [1.82, 2.24) is 0 Å². The van der Waals surface area contributed by atoms with Crippen LogP contribution < -0.4 is 21.5 Å². The number of ketones is 1. The highest BCUT2D eigenvalue weighted by molar-refractivity contribution is 7.09. The van der Waals surface area contributed by atoms with Crippen molar-refractivity contribution in [3.63, 3.8) is 0 Å². The second-order valence-corrected chi connectivity index (χ2v) is 5.66. The van der Waals surface area contributed by atoms with Crippen LogP contribution in [0.1, 0.15) is 33.8 Å². The molecule has 0 N–H and O–H groups in total. The first-order chi connectivity index (χ1) is 8.84. The maximum absolute atomic E-state index is 12.2. The zero-order valence-corrected chi connectivity index (χ0v) is 13.0. The highest BCUT2D eigenvalue weighted by atomic mass is 79.9. The lowest BCUT2D eigenvalue weighted by molar-refractivity contribution is -0.686. The van der Waals surface area contributed by atoms with Gasteiger partial charge in [-0.15, -0.1) is 0 Å². The molecule has 1 aromatic carbocycles. The van der Waals surface area contributed by atoms with E-state index in [-0.39, 0.29) is 22.8 Å². The molecule has 1 aliphatic rings. The lowest BCUT2D eigenvalue weighted by Gasteiger charge is -2.07. The molecule has 0 amide bonds. The first-order valence-electron chi connectivity index (χ1n) is 6.41. The molecule has 0 aliphatic heterocycles. The molecule has 0 atom stereocenters. The number of nitrogens with zero attached hydrogens (tertiary/aromatic N) is 1. The standard InChI is InChI=1S/C15H16NOS.BrH/c17-14(12-6-2-1-3-7-12)10-16-11-18-15-9-5-4-8-13(15)16;/h1-3,6-7,11H,4-5,8-10H2;1H/q+1;/p-1. The van der Waals surface area contributed by atoms with Gasteiger partial charge in [0.05, 0.1) is 4.88 Å². The molecule has 4 heteroatoms. The van der Waals surface area contributed by atoms with Gasteiger partial charge in [-0.1, -0.05) is 41.7 Å². The molecular formula is C15H16BrNOS. The van der Waals surface area contributed by atoms with E-state index < -0.39 is 0 Å². The minimum Gasteiger partial charge on any atom is -1.00 e. The summed E-state index contributed by atoms with van der Waals surface area (Å²) in [5.74, 6) is 0.201. The Balaban J connectivity index is 0.00000133. The van der Waals surface area contributed by atoms with Crippen LogP contribution in [-0.2, 0) is 19.4 Å². The van der Waals surface area contributed by atoms with Gasteiger partial charge in [-0.3, -0.25) is 4.79 Å². The number of aryl methyl sites for hydroxylation is 1. The molecule has 0 bridgehead atoms. The van der Waals surface area contributed by atoms with Gasteiger partial charge >= 0.3 is 0 Å². The van der Waals surface area contributed by atoms with E-state index in [1.807, 2.05) is 30.3 Å². The summed E-state index contributed by atoms with van der Waals surface area (Å²) in [6.45, 7) is 0.482. The molecule has 1 aliphatic carbocycles. The van der Waals surface area contributed by atoms with Crippen molar-refractivity contribution < 1.29 is 26.3 Å². The number of hydrogen-bond acceptors (Lipinski definition) is 2. The van der Waals surface area contributed by atoms with Crippen molar-refractivity contribution in [1.29, 1.82) is 0 Å². The molecule has 0 fully saturated rings. The highest BCUT2D eigenvalue weighted by Crippen LogP contribution is 2.22. The Hall–Kier alpha value is -1.00. The average molecular weight is 338 g/mol. The van der Waals surface area contributed by atoms with Crippen LogP contribution >= 0.6 is 11.3 Å². The Labute approximate surface area is 127 Å². The van der Waals surface area contributed by atoms with Crippen molar-refractivity contribution in [3.05, 3.63) is 52.0 Å². The maximum atomic E-state index is 12.2. The summed E-state index contributed by atoms with van der Waals surface area (Å²) in [4.78, 5) is 13.7. The van der Waals surface area contributed by atoms with E-state index in [0.717, 1.165) is 12.0 Å². The van der Waals surface area contributed by atoms with Gasteiger partial charge in [-0.25, -0.2) is 0 Å². The topological polar surface area (TPSA) is 20.9 Å². The van der Waals surface area contributed by atoms with Crippen LogP contribution in [0.3, 0.4) is 0 Å². The first kappa shape index (κ1) is 14.4. The largest absolute Gasteiger partial charge is 1.00 e. The number of carbonyl (C=O) groups is 1. The minimum absolute atomic E-state index is 0. The van der Waals surface area contributed by atoms with Gasteiger partial charge in [0.25, 0.3) is 0 Å². The monoisotopic (exact) mass is 337 g/mol. The van der Waals surface area contributed by atoms with Gasteiger partial charge in [-0.2, -0.15) is 4.57 Å². The molecule has 19 heavy (non-hydrogen) atoms. The fraction of sp³-hybridized carbons (Fsp3) is 0.333. The summed E-state index contributed by atoms with van der Waals surface area (Å²) in [7, 11) is 0. The van der Waals surface area contributed by atoms with Gasteiger partial charge in [0.15, 0.2) is 5.69 Å². The number of thiazole rings is 1. The summed E-state index contributed by atoms with van der Waals surface area (Å²) in [5.41, 5.74) is 4.30. The van der Waals surface area contributed by atoms with Crippen molar-refractivity contribution in [2.24, 2.45) is 0 Å². The third-order valence-corrected chi connectivity index (χ3v) is 4.55. The molecule has 2 nitrogen and oxygen atoms in total. The van der Waals surface area contributed by atoms with E-state index in [4.69, 9.17) is 0 Å². The maximum Gasteiger partial charge on any atom is 0.227 e. The molecule has 2 aromatic rings. The normalized spacial score (nSPS) is 13.5. The second-order valence-electron chi connectivity index (χ2n) is 4.72. The Kier molecular flexibility index (Phi) is 4.88. The fourth-order valence-electron chi connectivity index (χ4n) is 2.49. The van der Waals surface area contributed by atoms with E-state index in [9.17, 15) is 4.79 Å². The van der Waals surface area contributed by atoms with Crippen LogP contribution in [0.4, 0.5) is 0 Å². The smallest absolute Gasteiger partial charge is 0.227 e. The SMILES string of the molecule is O=C(C[n+]1csc2c1CCCC2)c1ccccc1.[Br-]. The van der Waals surface area contributed by atoms with Crippen LogP contribution in [0.25, 0.3) is 0 Å². The Bertz CT molecular complexity index is 565. The number of halogens is 1. The van der Waals surface area contributed by atoms with E-state index in [1.165, 1.54) is 29.8 Å². The van der Waals surface area contributed by atoms with Gasteiger partial charge < -0.3 is 17.0 Å². The van der Waals surface area contributed by atoms with Gasteiger partial charge in [-0.05, 0) is 19.3 Å². The number of benzene rings is 1. The Morgan fingerprint density at radius 2 is 1.89 bits per heavy atom. The van der Waals surface area contributed by atoms with E-state index in [0.29, 0.717) is 6.54 Å². The molecule has 0 radical (unpaired) electrons. The summed E-state index contributed by atoms with van der Waals surface area (Å²) < 4.78 is 2.15. The average Bonchev–Trinajstić information content (AvgIpc) is 2.83. The van der Waals surface area contributed by atoms with Crippen LogP contribution in [0.15, 0.2) is 35.8 Å². The summed E-state index contributed by atoms with van der Waals surface area (Å²) >= 11 is 1.80. The third kappa shape index (κ3) is 3.12. The molecule has 0 saturated carbocycles. The number of aromatic nitrogens is 1. The van der Waals surface area contributed by atoms with E-state index in [1.54, 1.807) is 11.3 Å². The van der Waals surface area contributed by atoms with E-state index >= 15 is 0 Å². The predicted molar refractivity (Wildman–Crippen MR) is 71.9 cm³/mol. The number of rotatable bonds is 3. The summed E-state index contributed by atoms with van der Waals surface area (Å²) in [5, 5.41) is 0. The molecule has 0 spiro atoms. The number of fused-ring (bicyclic) bond motifs is 1. The zero-order valence-electron chi connectivity index (χ0n) is 10.6. The lowest BCUT2D eigenvalue weighted by atomic mass is 10.0. The third-order valence-electron chi connectivity index (χ3n) is 3.47. The van der Waals surface area contributed by atoms with Gasteiger partial charge in [0.1, 0.15) is 0 Å². The number of hydrogen-bond donors (Lipinski definition) is 0. The van der Waals surface area contributed by atoms with Gasteiger partial charge in [0.2, 0.25) is 17.8 Å². The van der Waals surface area contributed by atoms with Crippen molar-refractivity contribution in [2.45, 2.75) is 32.2 Å². The van der Waals surface area contributed by atoms with Crippen LogP contribution in [0, 0.1) is 0 Å². The lowest BCUT2D eigenvalue weighted by Crippen LogP contribution is -3.00. The van der Waals surface area contributed by atoms with Gasteiger partial charge in [0, 0.05) is 12.0 Å². The molecule has 0 saturated heterocycles. The highest BCUT2D eigenvalue weighted by Gasteiger charge is 2.24. The van der Waals surface area contributed by atoms with Crippen molar-refractivity contribution in [3.8, 4) is 0 Å². The molecule has 1 heterocycles. The molecule has 1 aromatic heterocycles. The second kappa shape index (κ2) is 6.44. The van der Waals surface area contributed by atoms with Crippen molar-refractivity contribution >= 4 is 17.1 Å². The van der Waals surface area contributed by atoms with Crippen molar-refractivity contribution in [2.75, 3.05) is 0 Å². The van der Waals surface area contributed by atoms with E-state index in [2.05, 4.69) is 10.1 Å². The molecule has 0 unspecified atom stereocenters. The Morgan fingerprint density at radius 1 is 1.16 bits per heavy atom. The zero-order chi connectivity index (χ0) is 12.4. The summed E-state index contributed by atoms with van der Waals surface area (Å²) in [6.07, 6.45) is 4.86. The fourth-order valence-corrected chi connectivity index (χ4v) is 3.56. The molecule has 3 rings (SSSR count). The summed E-state index contributed by atoms with van der Waals surface area (Å²) in [6, 6.07) is 9.56. The molecular weight excluding hydrogens is 322 g/mol.